The summed E-state index contributed by atoms with van der Waals surface area (Å²) < 4.78 is 0. The molecule has 3 heterocycles. The van der Waals surface area contributed by atoms with Crippen molar-refractivity contribution in [1.29, 1.82) is 0 Å². The lowest BCUT2D eigenvalue weighted by Gasteiger charge is -2.30. The number of nitrogens with zero attached hydrogens (tertiary/aromatic N) is 3. The summed E-state index contributed by atoms with van der Waals surface area (Å²) in [5.74, 6) is 0.159. The van der Waals surface area contributed by atoms with Crippen LogP contribution in [0.4, 0.5) is 0 Å². The van der Waals surface area contributed by atoms with Gasteiger partial charge in [0.2, 0.25) is 5.91 Å². The molecule has 1 aliphatic rings. The maximum atomic E-state index is 13.4. The normalized spacial score (nSPS) is 18.9. The number of carbonyl (C=O) groups excluding carboxylic acids is 1. The van der Waals surface area contributed by atoms with Crippen molar-refractivity contribution in [2.45, 2.75) is 39.3 Å². The van der Waals surface area contributed by atoms with Gasteiger partial charge in [0, 0.05) is 43.9 Å². The molecule has 1 fully saturated rings. The Morgan fingerprint density at radius 2 is 1.84 bits per heavy atom. The van der Waals surface area contributed by atoms with Crippen molar-refractivity contribution in [2.75, 3.05) is 13.1 Å². The Kier molecular flexibility index (Phi) is 6.42. The van der Waals surface area contributed by atoms with E-state index < -0.39 is 5.41 Å². The summed E-state index contributed by atoms with van der Waals surface area (Å²) in [6.07, 6.45) is 8.91. The zero-order valence-electron chi connectivity index (χ0n) is 18.3. The van der Waals surface area contributed by atoms with Crippen molar-refractivity contribution in [3.8, 4) is 11.1 Å². The fraction of sp³-hybridized carbons (Fsp3) is 0.346. The second-order valence-corrected chi connectivity index (χ2v) is 8.84. The van der Waals surface area contributed by atoms with E-state index in [0.29, 0.717) is 0 Å². The van der Waals surface area contributed by atoms with E-state index in [0.717, 1.165) is 43.6 Å². The topological polar surface area (TPSA) is 58.1 Å². The third kappa shape index (κ3) is 5.17. The summed E-state index contributed by atoms with van der Waals surface area (Å²) in [6.45, 7) is 6.56. The number of aromatic nitrogens is 2. The van der Waals surface area contributed by atoms with Crippen LogP contribution < -0.4 is 5.32 Å². The molecular weight excluding hydrogens is 384 g/mol. The Hall–Kier alpha value is -3.05. The van der Waals surface area contributed by atoms with Crippen molar-refractivity contribution in [3.63, 3.8) is 0 Å². The van der Waals surface area contributed by atoms with Crippen LogP contribution in [0.5, 0.6) is 0 Å². The largest absolute Gasteiger partial charge is 0.353 e. The number of hydrogen-bond donors (Lipinski definition) is 1. The lowest BCUT2D eigenvalue weighted by molar-refractivity contribution is -0.131. The molecule has 0 saturated carbocycles. The molecule has 1 amide bonds. The Balaban J connectivity index is 1.57. The molecule has 0 spiro atoms. The Bertz CT molecular complexity index is 1010. The maximum absolute atomic E-state index is 13.4. The molecule has 1 atom stereocenters. The minimum Gasteiger partial charge on any atom is -0.353 e. The second kappa shape index (κ2) is 9.40. The predicted molar refractivity (Wildman–Crippen MR) is 123 cm³/mol. The molecule has 5 nitrogen and oxygen atoms in total. The van der Waals surface area contributed by atoms with Crippen molar-refractivity contribution < 1.29 is 4.79 Å². The first-order valence-corrected chi connectivity index (χ1v) is 11.0. The van der Waals surface area contributed by atoms with Gasteiger partial charge in [-0.25, -0.2) is 0 Å². The highest BCUT2D eigenvalue weighted by Crippen LogP contribution is 2.36. The number of likely N-dealkylation sites (tertiary alicyclic amines) is 1. The summed E-state index contributed by atoms with van der Waals surface area (Å²) in [6, 6.07) is 16.8. The van der Waals surface area contributed by atoms with Gasteiger partial charge in [-0.05, 0) is 73.7 Å². The molecule has 1 unspecified atom stereocenters. The Morgan fingerprint density at radius 1 is 1.03 bits per heavy atom. The molecule has 5 heteroatoms. The first-order valence-electron chi connectivity index (χ1n) is 11.0. The van der Waals surface area contributed by atoms with Crippen LogP contribution in [-0.2, 0) is 17.8 Å². The van der Waals surface area contributed by atoms with Crippen molar-refractivity contribution in [2.24, 2.45) is 5.41 Å². The third-order valence-electron chi connectivity index (χ3n) is 5.95. The summed E-state index contributed by atoms with van der Waals surface area (Å²) in [4.78, 5) is 24.1. The molecule has 2 aromatic heterocycles. The van der Waals surface area contributed by atoms with Crippen LogP contribution in [0.25, 0.3) is 11.1 Å². The predicted octanol–water partition coefficient (Wildman–Crippen LogP) is 4.10. The molecule has 31 heavy (non-hydrogen) atoms. The van der Waals surface area contributed by atoms with Gasteiger partial charge in [-0.3, -0.25) is 19.7 Å². The van der Waals surface area contributed by atoms with Crippen LogP contribution in [-0.4, -0.2) is 39.9 Å². The first-order chi connectivity index (χ1) is 15.0. The van der Waals surface area contributed by atoms with Gasteiger partial charge in [0.05, 0.1) is 5.41 Å². The number of amides is 1. The number of benzene rings is 1. The van der Waals surface area contributed by atoms with Crippen molar-refractivity contribution in [3.05, 3.63) is 84.4 Å². The number of hydrogen-bond acceptors (Lipinski definition) is 4. The Morgan fingerprint density at radius 3 is 2.58 bits per heavy atom. The number of rotatable bonds is 7. The second-order valence-electron chi connectivity index (χ2n) is 8.84. The van der Waals surface area contributed by atoms with Gasteiger partial charge in [-0.1, -0.05) is 30.3 Å². The molecule has 3 aromatic rings. The van der Waals surface area contributed by atoms with E-state index in [-0.39, 0.29) is 11.9 Å². The lowest BCUT2D eigenvalue weighted by atomic mass is 9.79. The van der Waals surface area contributed by atoms with Crippen molar-refractivity contribution >= 4 is 5.91 Å². The van der Waals surface area contributed by atoms with Gasteiger partial charge >= 0.3 is 0 Å². The van der Waals surface area contributed by atoms with E-state index in [1.807, 2.05) is 50.6 Å². The van der Waals surface area contributed by atoms with Gasteiger partial charge in [-0.15, -0.1) is 0 Å². The van der Waals surface area contributed by atoms with Gasteiger partial charge in [0.1, 0.15) is 0 Å². The number of nitrogens with one attached hydrogen (secondary N) is 1. The molecule has 4 rings (SSSR count). The summed E-state index contributed by atoms with van der Waals surface area (Å²) in [5.41, 5.74) is 4.22. The lowest BCUT2D eigenvalue weighted by Crippen LogP contribution is -2.46. The van der Waals surface area contributed by atoms with Crippen LogP contribution in [0, 0.1) is 5.41 Å². The highest BCUT2D eigenvalue weighted by molar-refractivity contribution is 5.84. The van der Waals surface area contributed by atoms with E-state index in [4.69, 9.17) is 0 Å². The summed E-state index contributed by atoms with van der Waals surface area (Å²) in [7, 11) is 0. The van der Waals surface area contributed by atoms with Crippen LogP contribution in [0.1, 0.15) is 31.4 Å². The molecule has 1 saturated heterocycles. The highest BCUT2D eigenvalue weighted by atomic mass is 16.2. The molecule has 1 aliphatic heterocycles. The van der Waals surface area contributed by atoms with E-state index in [9.17, 15) is 4.79 Å². The molecule has 0 aliphatic carbocycles. The van der Waals surface area contributed by atoms with E-state index in [1.54, 1.807) is 6.20 Å². The summed E-state index contributed by atoms with van der Waals surface area (Å²) >= 11 is 0. The van der Waals surface area contributed by atoms with Crippen LogP contribution in [0.3, 0.4) is 0 Å². The highest BCUT2D eigenvalue weighted by Gasteiger charge is 2.44. The van der Waals surface area contributed by atoms with E-state index >= 15 is 0 Å². The molecule has 1 aromatic carbocycles. The van der Waals surface area contributed by atoms with Gasteiger partial charge in [0.25, 0.3) is 0 Å². The average molecular weight is 415 g/mol. The summed E-state index contributed by atoms with van der Waals surface area (Å²) in [5, 5.41) is 3.19. The third-order valence-corrected chi connectivity index (χ3v) is 5.95. The standard InChI is InChI=1S/C26H30N4O/c1-20(2)29-25(31)26(10-14-30(19-26)18-21-8-12-27-13-9-21)16-22-5-3-6-23(15-22)24-7-4-11-28-17-24/h3-9,11-13,15,17,20H,10,14,16,18-19H2,1-2H3,(H,29,31). The monoisotopic (exact) mass is 414 g/mol. The Labute approximate surface area is 184 Å². The molecule has 0 bridgehead atoms. The minimum atomic E-state index is -0.426. The SMILES string of the molecule is CC(C)NC(=O)C1(Cc2cccc(-c3cccnc3)c2)CCN(Cc2ccncc2)C1. The van der Waals surface area contributed by atoms with Gasteiger partial charge in [-0.2, -0.15) is 0 Å². The fourth-order valence-corrected chi connectivity index (χ4v) is 4.45. The maximum Gasteiger partial charge on any atom is 0.228 e. The van der Waals surface area contributed by atoms with Crippen LogP contribution >= 0.6 is 0 Å². The van der Waals surface area contributed by atoms with Crippen molar-refractivity contribution in [1.82, 2.24) is 20.2 Å². The quantitative estimate of drug-likeness (QED) is 0.632. The first kappa shape index (κ1) is 21.2. The van der Waals surface area contributed by atoms with E-state index in [2.05, 4.69) is 50.5 Å². The fourth-order valence-electron chi connectivity index (χ4n) is 4.45. The number of pyridine rings is 2. The van der Waals surface area contributed by atoms with Crippen LogP contribution in [0.15, 0.2) is 73.3 Å². The number of carbonyl (C=O) groups is 1. The molecule has 160 valence electrons. The molecular formula is C26H30N4O. The average Bonchev–Trinajstić information content (AvgIpc) is 3.18. The van der Waals surface area contributed by atoms with E-state index in [1.165, 1.54) is 11.1 Å². The zero-order chi connectivity index (χ0) is 21.7. The smallest absolute Gasteiger partial charge is 0.228 e. The van der Waals surface area contributed by atoms with Gasteiger partial charge < -0.3 is 5.32 Å². The van der Waals surface area contributed by atoms with Gasteiger partial charge in [0.15, 0.2) is 0 Å². The molecule has 1 N–H and O–H groups in total. The molecule has 0 radical (unpaired) electrons. The van der Waals surface area contributed by atoms with Crippen LogP contribution in [0.2, 0.25) is 0 Å². The minimum absolute atomic E-state index is 0.125. The zero-order valence-corrected chi connectivity index (χ0v) is 18.3.